The largest absolute Gasteiger partial charge is 0.547 e. The Morgan fingerprint density at radius 2 is 1.28 bits per heavy atom. The highest BCUT2D eigenvalue weighted by molar-refractivity contribution is 6.99. The van der Waals surface area contributed by atoms with Gasteiger partial charge in [0.2, 0.25) is 8.32 Å². The Balaban J connectivity index is 1.28. The van der Waals surface area contributed by atoms with Gasteiger partial charge in [-0.2, -0.15) is 0 Å². The second kappa shape index (κ2) is 13.2. The van der Waals surface area contributed by atoms with Crippen molar-refractivity contribution in [2.24, 2.45) is 11.8 Å². The molecule has 0 amide bonds. The monoisotopic (exact) mass is 560 g/mol. The van der Waals surface area contributed by atoms with Gasteiger partial charge in [0.05, 0.1) is 5.76 Å². The van der Waals surface area contributed by atoms with Gasteiger partial charge in [-0.1, -0.05) is 120 Å². The Kier molecular flexibility index (Phi) is 10.2. The Bertz CT molecular complexity index is 1050. The van der Waals surface area contributed by atoms with Crippen LogP contribution in [-0.2, 0) is 8.85 Å². The summed E-state index contributed by atoms with van der Waals surface area (Å²) in [6.45, 7) is 14.9. The molecule has 2 aromatic carbocycles. The standard InChI is InChI=1S/C35H52O2Si2/c1-7-38(8-2,9-3)37-32-27-30-25-29(26-31(30)28-32)19-13-12-18-24-36-39(35(4,5)6,33-20-14-10-15-21-33)34-22-16-11-17-23-34/h10-11,14-17,20-23,25,28,30-31H,7-9,12-13,18-19,24,26-27H2,1-6H3/t30-,31+/m0/s1. The van der Waals surface area contributed by atoms with Crippen LogP contribution in [0.2, 0.25) is 23.2 Å². The van der Waals surface area contributed by atoms with Crippen molar-refractivity contribution in [3.63, 3.8) is 0 Å². The Labute approximate surface area is 241 Å². The van der Waals surface area contributed by atoms with Crippen molar-refractivity contribution in [2.45, 2.75) is 103 Å². The van der Waals surface area contributed by atoms with Crippen molar-refractivity contribution < 1.29 is 8.85 Å². The first-order valence-electron chi connectivity index (χ1n) is 15.6. The van der Waals surface area contributed by atoms with Gasteiger partial charge in [0.25, 0.3) is 8.32 Å². The van der Waals surface area contributed by atoms with E-state index < -0.39 is 16.6 Å². The van der Waals surface area contributed by atoms with Crippen LogP contribution in [0.1, 0.15) is 80.1 Å². The molecule has 39 heavy (non-hydrogen) atoms. The molecule has 0 N–H and O–H groups in total. The molecule has 2 atom stereocenters. The zero-order valence-electron chi connectivity index (χ0n) is 25.5. The van der Waals surface area contributed by atoms with E-state index in [1.54, 1.807) is 5.57 Å². The smallest absolute Gasteiger partial charge is 0.261 e. The fourth-order valence-corrected chi connectivity index (χ4v) is 14.3. The maximum atomic E-state index is 7.08. The quantitative estimate of drug-likeness (QED) is 0.130. The molecular weight excluding hydrogens is 509 g/mol. The molecule has 0 fully saturated rings. The van der Waals surface area contributed by atoms with Gasteiger partial charge in [0.1, 0.15) is 0 Å². The van der Waals surface area contributed by atoms with E-state index in [4.69, 9.17) is 8.85 Å². The SMILES string of the molecule is CC[Si](CC)(CC)OC1=C[C@H]2CC(CCCCCO[Si](c3ccccc3)(c3ccccc3)C(C)(C)C)=C[C@H]2C1. The number of hydrogen-bond acceptors (Lipinski definition) is 2. The van der Waals surface area contributed by atoms with Crippen LogP contribution in [0.4, 0.5) is 0 Å². The van der Waals surface area contributed by atoms with Crippen LogP contribution in [0.25, 0.3) is 0 Å². The van der Waals surface area contributed by atoms with Gasteiger partial charge in [-0.25, -0.2) is 0 Å². The summed E-state index contributed by atoms with van der Waals surface area (Å²) in [5, 5.41) is 2.80. The Hall–Kier alpha value is -1.89. The molecule has 4 heteroatoms. The zero-order chi connectivity index (χ0) is 27.9. The number of rotatable bonds is 14. The van der Waals surface area contributed by atoms with Crippen molar-refractivity contribution in [1.29, 1.82) is 0 Å². The van der Waals surface area contributed by atoms with Crippen LogP contribution in [0.3, 0.4) is 0 Å². The number of fused-ring (bicyclic) bond motifs is 1. The van der Waals surface area contributed by atoms with Gasteiger partial charge in [-0.05, 0) is 77.1 Å². The number of benzene rings is 2. The van der Waals surface area contributed by atoms with Crippen LogP contribution in [0.15, 0.2) is 84.1 Å². The lowest BCUT2D eigenvalue weighted by molar-refractivity contribution is 0.287. The molecule has 0 spiro atoms. The molecule has 0 aromatic heterocycles. The minimum absolute atomic E-state index is 0.0474. The van der Waals surface area contributed by atoms with Crippen LogP contribution in [0.5, 0.6) is 0 Å². The van der Waals surface area contributed by atoms with Crippen LogP contribution < -0.4 is 10.4 Å². The summed E-state index contributed by atoms with van der Waals surface area (Å²) in [6.07, 6.45) is 12.3. The summed E-state index contributed by atoms with van der Waals surface area (Å²) in [4.78, 5) is 0. The van der Waals surface area contributed by atoms with E-state index in [1.165, 1.54) is 59.9 Å². The lowest BCUT2D eigenvalue weighted by Crippen LogP contribution is -2.66. The predicted octanol–water partition coefficient (Wildman–Crippen LogP) is 9.00. The van der Waals surface area contributed by atoms with Gasteiger partial charge >= 0.3 is 0 Å². The molecule has 0 saturated heterocycles. The third-order valence-corrected chi connectivity index (χ3v) is 19.1. The first-order valence-corrected chi connectivity index (χ1v) is 20.0. The normalized spacial score (nSPS) is 19.5. The second-order valence-corrected chi connectivity index (χ2v) is 21.9. The molecule has 2 aromatic rings. The minimum atomic E-state index is -2.41. The van der Waals surface area contributed by atoms with E-state index in [1.807, 2.05) is 0 Å². The van der Waals surface area contributed by atoms with Crippen LogP contribution in [0, 0.1) is 11.8 Å². The molecule has 0 bridgehead atoms. The third kappa shape index (κ3) is 6.71. The highest BCUT2D eigenvalue weighted by Crippen LogP contribution is 2.44. The molecule has 0 radical (unpaired) electrons. The molecular formula is C35H52O2Si2. The average Bonchev–Trinajstić information content (AvgIpc) is 3.50. The summed E-state index contributed by atoms with van der Waals surface area (Å²) in [5.74, 6) is 2.69. The van der Waals surface area contributed by atoms with Crippen LogP contribution >= 0.6 is 0 Å². The van der Waals surface area contributed by atoms with Crippen molar-refractivity contribution in [2.75, 3.05) is 6.61 Å². The minimum Gasteiger partial charge on any atom is -0.547 e. The Morgan fingerprint density at radius 1 is 0.718 bits per heavy atom. The zero-order valence-corrected chi connectivity index (χ0v) is 27.5. The molecule has 2 aliphatic carbocycles. The van der Waals surface area contributed by atoms with E-state index in [-0.39, 0.29) is 5.04 Å². The van der Waals surface area contributed by atoms with Crippen molar-refractivity contribution in [3.05, 3.63) is 84.1 Å². The summed E-state index contributed by atoms with van der Waals surface area (Å²) in [6, 6.07) is 25.7. The van der Waals surface area contributed by atoms with E-state index in [0.717, 1.165) is 19.4 Å². The fraction of sp³-hybridized carbons (Fsp3) is 0.543. The van der Waals surface area contributed by atoms with Gasteiger partial charge in [-0.3, -0.25) is 0 Å². The van der Waals surface area contributed by atoms with E-state index in [0.29, 0.717) is 11.8 Å². The lowest BCUT2D eigenvalue weighted by Gasteiger charge is -2.43. The number of unbranched alkanes of at least 4 members (excludes halogenated alkanes) is 2. The second-order valence-electron chi connectivity index (χ2n) is 12.9. The van der Waals surface area contributed by atoms with E-state index in [9.17, 15) is 0 Å². The molecule has 212 valence electrons. The highest BCUT2D eigenvalue weighted by atomic mass is 28.4. The molecule has 0 unspecified atom stereocenters. The summed E-state index contributed by atoms with van der Waals surface area (Å²) >= 11 is 0. The molecule has 0 aliphatic heterocycles. The van der Waals surface area contributed by atoms with Gasteiger partial charge in [0, 0.05) is 13.0 Å². The van der Waals surface area contributed by atoms with Gasteiger partial charge in [0.15, 0.2) is 0 Å². The predicted molar refractivity (Wildman–Crippen MR) is 173 cm³/mol. The van der Waals surface area contributed by atoms with Crippen molar-refractivity contribution in [1.82, 2.24) is 0 Å². The fourth-order valence-electron chi connectivity index (χ4n) is 7.00. The van der Waals surface area contributed by atoms with Gasteiger partial charge < -0.3 is 8.85 Å². The topological polar surface area (TPSA) is 18.5 Å². The highest BCUT2D eigenvalue weighted by Gasteiger charge is 2.50. The van der Waals surface area contributed by atoms with Crippen molar-refractivity contribution in [3.8, 4) is 0 Å². The molecule has 0 heterocycles. The van der Waals surface area contributed by atoms with Crippen LogP contribution in [-0.4, -0.2) is 23.2 Å². The van der Waals surface area contributed by atoms with Crippen molar-refractivity contribution >= 4 is 27.0 Å². The maximum absolute atomic E-state index is 7.08. The van der Waals surface area contributed by atoms with Gasteiger partial charge in [-0.15, -0.1) is 0 Å². The van der Waals surface area contributed by atoms with E-state index >= 15 is 0 Å². The average molecular weight is 561 g/mol. The Morgan fingerprint density at radius 3 is 1.79 bits per heavy atom. The molecule has 2 nitrogen and oxygen atoms in total. The summed E-state index contributed by atoms with van der Waals surface area (Å²) < 4.78 is 13.8. The first-order chi connectivity index (χ1) is 18.8. The van der Waals surface area contributed by atoms with E-state index in [2.05, 4.69) is 114 Å². The molecule has 0 saturated carbocycles. The lowest BCUT2D eigenvalue weighted by atomic mass is 9.99. The number of hydrogen-bond donors (Lipinski definition) is 0. The maximum Gasteiger partial charge on any atom is 0.261 e. The first kappa shape index (κ1) is 30.1. The molecule has 2 aliphatic rings. The summed E-state index contributed by atoms with van der Waals surface area (Å²) in [7, 11) is -3.96. The molecule has 4 rings (SSSR count). The third-order valence-electron chi connectivity index (χ3n) is 9.49. The number of allylic oxidation sites excluding steroid dienone is 4. The summed E-state index contributed by atoms with van der Waals surface area (Å²) in [5.41, 5.74) is 1.68.